The van der Waals surface area contributed by atoms with Gasteiger partial charge in [0, 0.05) is 29.4 Å². The van der Waals surface area contributed by atoms with Gasteiger partial charge in [0.25, 0.3) is 5.91 Å². The molecule has 0 aromatic heterocycles. The summed E-state index contributed by atoms with van der Waals surface area (Å²) >= 11 is 12.0. The number of halogens is 2. The number of piperidine rings is 1. The molecule has 0 unspecified atom stereocenters. The maximum absolute atomic E-state index is 12.6. The summed E-state index contributed by atoms with van der Waals surface area (Å²) in [6, 6.07) is 12.0. The van der Waals surface area contributed by atoms with Gasteiger partial charge < -0.3 is 15.5 Å². The quantitative estimate of drug-likeness (QED) is 0.759. The van der Waals surface area contributed by atoms with Crippen molar-refractivity contribution < 1.29 is 9.59 Å². The van der Waals surface area contributed by atoms with Crippen molar-refractivity contribution in [1.29, 1.82) is 0 Å². The normalized spacial score (nSPS) is 13.9. The fraction of sp³-hybridized carbons (Fsp3) is 0.300. The van der Waals surface area contributed by atoms with E-state index < -0.39 is 0 Å². The molecule has 7 heteroatoms. The van der Waals surface area contributed by atoms with Crippen molar-refractivity contribution in [3.63, 3.8) is 0 Å². The number of anilines is 2. The molecule has 1 heterocycles. The molecule has 142 valence electrons. The van der Waals surface area contributed by atoms with Gasteiger partial charge in [0.1, 0.15) is 0 Å². The van der Waals surface area contributed by atoms with Gasteiger partial charge in [0.05, 0.1) is 17.3 Å². The van der Waals surface area contributed by atoms with Crippen LogP contribution >= 0.6 is 23.2 Å². The molecule has 1 fully saturated rings. The molecule has 1 aliphatic rings. The van der Waals surface area contributed by atoms with E-state index in [-0.39, 0.29) is 18.4 Å². The van der Waals surface area contributed by atoms with E-state index in [0.717, 1.165) is 25.9 Å². The number of amides is 2. The van der Waals surface area contributed by atoms with Crippen LogP contribution in [-0.4, -0.2) is 36.3 Å². The molecule has 0 spiro atoms. The fourth-order valence-electron chi connectivity index (χ4n) is 3.02. The molecule has 3 rings (SSSR count). The molecule has 0 radical (unpaired) electrons. The summed E-state index contributed by atoms with van der Waals surface area (Å²) in [6.45, 7) is 1.61. The molecule has 0 saturated carbocycles. The molecule has 2 amide bonds. The maximum Gasteiger partial charge on any atom is 0.253 e. The van der Waals surface area contributed by atoms with Gasteiger partial charge in [0.15, 0.2) is 0 Å². The topological polar surface area (TPSA) is 61.4 Å². The van der Waals surface area contributed by atoms with Crippen LogP contribution < -0.4 is 10.6 Å². The van der Waals surface area contributed by atoms with Gasteiger partial charge in [-0.05, 0) is 55.7 Å². The molecule has 2 N–H and O–H groups in total. The Morgan fingerprint density at radius 3 is 2.56 bits per heavy atom. The van der Waals surface area contributed by atoms with E-state index in [4.69, 9.17) is 23.2 Å². The Kier molecular flexibility index (Phi) is 6.58. The minimum absolute atomic E-state index is 0.00892. The minimum Gasteiger partial charge on any atom is -0.375 e. The summed E-state index contributed by atoms with van der Waals surface area (Å²) in [6.07, 6.45) is 3.25. The first-order valence-corrected chi connectivity index (χ1v) is 9.66. The first kappa shape index (κ1) is 19.5. The van der Waals surface area contributed by atoms with Crippen LogP contribution in [-0.2, 0) is 4.79 Å². The van der Waals surface area contributed by atoms with Gasteiger partial charge in [-0.3, -0.25) is 9.59 Å². The molecule has 0 bridgehead atoms. The van der Waals surface area contributed by atoms with E-state index in [1.54, 1.807) is 42.5 Å². The molecular formula is C20H21Cl2N3O2. The summed E-state index contributed by atoms with van der Waals surface area (Å²) in [5.41, 5.74) is 1.76. The highest BCUT2D eigenvalue weighted by Gasteiger charge is 2.18. The summed E-state index contributed by atoms with van der Waals surface area (Å²) in [4.78, 5) is 26.7. The molecular weight excluding hydrogens is 385 g/mol. The largest absolute Gasteiger partial charge is 0.375 e. The number of nitrogens with one attached hydrogen (secondary N) is 2. The number of hydrogen-bond acceptors (Lipinski definition) is 3. The van der Waals surface area contributed by atoms with Crippen LogP contribution in [0.3, 0.4) is 0 Å². The first-order chi connectivity index (χ1) is 13.0. The van der Waals surface area contributed by atoms with Gasteiger partial charge in [-0.15, -0.1) is 0 Å². The molecule has 0 atom stereocenters. The van der Waals surface area contributed by atoms with Gasteiger partial charge >= 0.3 is 0 Å². The van der Waals surface area contributed by atoms with Crippen LogP contribution in [0.15, 0.2) is 42.5 Å². The van der Waals surface area contributed by atoms with Crippen molar-refractivity contribution in [2.75, 3.05) is 30.3 Å². The Balaban J connectivity index is 1.59. The fourth-order valence-corrected chi connectivity index (χ4v) is 3.38. The van der Waals surface area contributed by atoms with E-state index in [9.17, 15) is 9.59 Å². The van der Waals surface area contributed by atoms with Crippen LogP contribution in [0.25, 0.3) is 0 Å². The van der Waals surface area contributed by atoms with Gasteiger partial charge in [0.2, 0.25) is 5.91 Å². The number of carbonyl (C=O) groups excluding carboxylic acids is 2. The second kappa shape index (κ2) is 9.11. The SMILES string of the molecule is O=C(CNc1cc(Cl)ccc1Cl)Nc1cccc(C(=O)N2CCCCC2)c1. The molecule has 1 saturated heterocycles. The molecule has 27 heavy (non-hydrogen) atoms. The maximum atomic E-state index is 12.6. The Morgan fingerprint density at radius 2 is 1.78 bits per heavy atom. The third kappa shape index (κ3) is 5.37. The highest BCUT2D eigenvalue weighted by Crippen LogP contribution is 2.25. The lowest BCUT2D eigenvalue weighted by atomic mass is 10.1. The highest BCUT2D eigenvalue weighted by atomic mass is 35.5. The number of carbonyl (C=O) groups is 2. The average molecular weight is 406 g/mol. The molecule has 1 aliphatic heterocycles. The zero-order chi connectivity index (χ0) is 19.2. The van der Waals surface area contributed by atoms with Crippen molar-refractivity contribution in [2.24, 2.45) is 0 Å². The average Bonchev–Trinajstić information content (AvgIpc) is 2.69. The van der Waals surface area contributed by atoms with Gasteiger partial charge in [-0.2, -0.15) is 0 Å². The van der Waals surface area contributed by atoms with Crippen LogP contribution in [0.2, 0.25) is 10.0 Å². The van der Waals surface area contributed by atoms with E-state index in [0.29, 0.717) is 27.0 Å². The van der Waals surface area contributed by atoms with Crippen molar-refractivity contribution in [1.82, 2.24) is 4.90 Å². The predicted molar refractivity (Wildman–Crippen MR) is 110 cm³/mol. The zero-order valence-electron chi connectivity index (χ0n) is 14.8. The van der Waals surface area contributed by atoms with Crippen LogP contribution in [0.1, 0.15) is 29.6 Å². The van der Waals surface area contributed by atoms with Crippen molar-refractivity contribution in [3.05, 3.63) is 58.1 Å². The van der Waals surface area contributed by atoms with Crippen molar-refractivity contribution >= 4 is 46.4 Å². The highest BCUT2D eigenvalue weighted by molar-refractivity contribution is 6.35. The molecule has 0 aliphatic carbocycles. The van der Waals surface area contributed by atoms with Crippen molar-refractivity contribution in [2.45, 2.75) is 19.3 Å². The Bertz CT molecular complexity index is 836. The van der Waals surface area contributed by atoms with E-state index >= 15 is 0 Å². The minimum atomic E-state index is -0.242. The monoisotopic (exact) mass is 405 g/mol. The first-order valence-electron chi connectivity index (χ1n) is 8.91. The van der Waals surface area contributed by atoms with Crippen molar-refractivity contribution in [3.8, 4) is 0 Å². The Hall–Kier alpha value is -2.24. The van der Waals surface area contributed by atoms with Crippen LogP contribution in [0, 0.1) is 0 Å². The zero-order valence-corrected chi connectivity index (χ0v) is 16.3. The van der Waals surface area contributed by atoms with Gasteiger partial charge in [-0.25, -0.2) is 0 Å². The summed E-state index contributed by atoms with van der Waals surface area (Å²) in [5, 5.41) is 6.78. The molecule has 2 aromatic rings. The molecule has 2 aromatic carbocycles. The van der Waals surface area contributed by atoms with E-state index in [1.165, 1.54) is 6.42 Å². The number of rotatable bonds is 5. The lowest BCUT2D eigenvalue weighted by Crippen LogP contribution is -2.35. The predicted octanol–water partition coefficient (Wildman–Crippen LogP) is 4.67. The summed E-state index contributed by atoms with van der Waals surface area (Å²) in [7, 11) is 0. The number of hydrogen-bond donors (Lipinski definition) is 2. The third-order valence-corrected chi connectivity index (χ3v) is 4.97. The number of benzene rings is 2. The van der Waals surface area contributed by atoms with Gasteiger partial charge in [-0.1, -0.05) is 29.3 Å². The standard InChI is InChI=1S/C20H21Cl2N3O2/c21-15-7-8-17(22)18(12-15)23-13-19(26)24-16-6-4-5-14(11-16)20(27)25-9-2-1-3-10-25/h4-8,11-12,23H,1-3,9-10,13H2,(H,24,26). The Morgan fingerprint density at radius 1 is 1.00 bits per heavy atom. The lowest BCUT2D eigenvalue weighted by Gasteiger charge is -2.26. The Labute approximate surface area is 168 Å². The number of likely N-dealkylation sites (tertiary alicyclic amines) is 1. The van der Waals surface area contributed by atoms with E-state index in [2.05, 4.69) is 10.6 Å². The second-order valence-corrected chi connectivity index (χ2v) is 7.30. The summed E-state index contributed by atoms with van der Waals surface area (Å²) in [5.74, 6) is -0.233. The second-order valence-electron chi connectivity index (χ2n) is 6.46. The number of nitrogens with zero attached hydrogens (tertiary/aromatic N) is 1. The molecule has 5 nitrogen and oxygen atoms in total. The van der Waals surface area contributed by atoms with Crippen LogP contribution in [0.5, 0.6) is 0 Å². The lowest BCUT2D eigenvalue weighted by molar-refractivity contribution is -0.114. The van der Waals surface area contributed by atoms with E-state index in [1.807, 2.05) is 4.90 Å². The third-order valence-electron chi connectivity index (χ3n) is 4.40. The van der Waals surface area contributed by atoms with Crippen LogP contribution in [0.4, 0.5) is 11.4 Å². The smallest absolute Gasteiger partial charge is 0.253 e. The summed E-state index contributed by atoms with van der Waals surface area (Å²) < 4.78 is 0.